The lowest BCUT2D eigenvalue weighted by atomic mass is 9.93. The summed E-state index contributed by atoms with van der Waals surface area (Å²) in [6, 6.07) is 2.02. The van der Waals surface area contributed by atoms with Crippen LogP contribution in [-0.2, 0) is 11.3 Å². The molecule has 2 N–H and O–H groups in total. The van der Waals surface area contributed by atoms with Gasteiger partial charge < -0.3 is 15.1 Å². The van der Waals surface area contributed by atoms with Crippen LogP contribution < -0.4 is 0 Å². The second kappa shape index (κ2) is 6.58. The number of likely N-dealkylation sites (tertiary alicyclic amines) is 1. The van der Waals surface area contributed by atoms with Crippen LogP contribution >= 0.6 is 0 Å². The monoisotopic (exact) mass is 295 g/mol. The van der Waals surface area contributed by atoms with Gasteiger partial charge in [-0.3, -0.25) is 9.48 Å². The number of rotatable bonds is 5. The molecule has 0 radical (unpaired) electrons. The van der Waals surface area contributed by atoms with Gasteiger partial charge in [0.05, 0.1) is 18.8 Å². The second-order valence-electron chi connectivity index (χ2n) is 6.06. The molecule has 2 rings (SSSR count). The summed E-state index contributed by atoms with van der Waals surface area (Å²) in [5.41, 5.74) is 0.972. The second-order valence-corrected chi connectivity index (χ2v) is 6.06. The fourth-order valence-corrected chi connectivity index (χ4v) is 2.89. The predicted octanol–water partition coefficient (Wildman–Crippen LogP) is 0.626. The van der Waals surface area contributed by atoms with Crippen molar-refractivity contribution in [3.05, 3.63) is 17.5 Å². The Kier molecular flexibility index (Phi) is 5.00. The molecule has 6 heteroatoms. The molecule has 118 valence electrons. The predicted molar refractivity (Wildman–Crippen MR) is 78.8 cm³/mol. The Morgan fingerprint density at radius 2 is 2.24 bits per heavy atom. The van der Waals surface area contributed by atoms with Gasteiger partial charge in [-0.25, -0.2) is 0 Å². The summed E-state index contributed by atoms with van der Waals surface area (Å²) in [7, 11) is 0. The lowest BCUT2D eigenvalue weighted by Crippen LogP contribution is -2.52. The number of nitrogens with zero attached hydrogens (tertiary/aromatic N) is 3. The van der Waals surface area contributed by atoms with Gasteiger partial charge in [0.1, 0.15) is 5.60 Å². The van der Waals surface area contributed by atoms with E-state index in [1.807, 2.05) is 24.6 Å². The number of aliphatic hydroxyl groups is 2. The lowest BCUT2D eigenvalue weighted by molar-refractivity contribution is -0.140. The van der Waals surface area contributed by atoms with Crippen molar-refractivity contribution in [2.45, 2.75) is 51.7 Å². The zero-order valence-electron chi connectivity index (χ0n) is 12.9. The molecule has 2 heterocycles. The summed E-state index contributed by atoms with van der Waals surface area (Å²) >= 11 is 0. The minimum atomic E-state index is -1.12. The molecule has 0 saturated carbocycles. The molecular formula is C15H25N3O3. The van der Waals surface area contributed by atoms with Gasteiger partial charge in [0, 0.05) is 25.2 Å². The van der Waals surface area contributed by atoms with E-state index in [4.69, 9.17) is 0 Å². The fraction of sp³-hybridized carbons (Fsp3) is 0.733. The molecule has 1 amide bonds. The van der Waals surface area contributed by atoms with Gasteiger partial charge in [-0.15, -0.1) is 0 Å². The molecular weight excluding hydrogens is 270 g/mol. The van der Waals surface area contributed by atoms with Crippen molar-refractivity contribution in [3.8, 4) is 0 Å². The van der Waals surface area contributed by atoms with Gasteiger partial charge in [0.2, 0.25) is 5.91 Å². The first-order valence-corrected chi connectivity index (χ1v) is 7.56. The fourth-order valence-electron chi connectivity index (χ4n) is 2.89. The molecule has 1 aromatic rings. The van der Waals surface area contributed by atoms with E-state index in [0.717, 1.165) is 30.8 Å². The van der Waals surface area contributed by atoms with Gasteiger partial charge in [-0.05, 0) is 39.2 Å². The topological polar surface area (TPSA) is 78.6 Å². The van der Waals surface area contributed by atoms with E-state index in [1.54, 1.807) is 4.90 Å². The number of hydrogen-bond acceptors (Lipinski definition) is 4. The third-order valence-electron chi connectivity index (χ3n) is 4.07. The van der Waals surface area contributed by atoms with Crippen LogP contribution in [0.25, 0.3) is 0 Å². The molecule has 1 aliphatic heterocycles. The van der Waals surface area contributed by atoms with Crippen molar-refractivity contribution < 1.29 is 15.0 Å². The van der Waals surface area contributed by atoms with Gasteiger partial charge >= 0.3 is 0 Å². The summed E-state index contributed by atoms with van der Waals surface area (Å²) < 4.78 is 1.92. The minimum Gasteiger partial charge on any atom is -0.393 e. The number of carbonyl (C=O) groups is 1. The van der Waals surface area contributed by atoms with Crippen molar-refractivity contribution in [2.75, 3.05) is 19.7 Å². The normalized spacial score (nSPS) is 22.6. The molecule has 6 nitrogen and oxygen atoms in total. The lowest BCUT2D eigenvalue weighted by Gasteiger charge is -2.38. The number of piperidine rings is 1. The maximum Gasteiger partial charge on any atom is 0.222 e. The van der Waals surface area contributed by atoms with E-state index in [2.05, 4.69) is 5.10 Å². The third-order valence-corrected chi connectivity index (χ3v) is 4.07. The first-order valence-electron chi connectivity index (χ1n) is 7.56. The van der Waals surface area contributed by atoms with Crippen LogP contribution in [0.15, 0.2) is 6.07 Å². The van der Waals surface area contributed by atoms with E-state index in [-0.39, 0.29) is 19.1 Å². The quantitative estimate of drug-likeness (QED) is 0.835. The summed E-state index contributed by atoms with van der Waals surface area (Å²) in [6.07, 6.45) is 2.47. The zero-order valence-corrected chi connectivity index (χ0v) is 12.9. The van der Waals surface area contributed by atoms with Crippen molar-refractivity contribution in [1.82, 2.24) is 14.7 Å². The van der Waals surface area contributed by atoms with Crippen molar-refractivity contribution in [2.24, 2.45) is 0 Å². The van der Waals surface area contributed by atoms with Crippen molar-refractivity contribution in [3.63, 3.8) is 0 Å². The molecule has 0 aliphatic carbocycles. The summed E-state index contributed by atoms with van der Waals surface area (Å²) in [6.45, 7) is 5.31. The molecule has 0 spiro atoms. The first kappa shape index (κ1) is 16.0. The maximum atomic E-state index is 12.2. The number of aromatic nitrogens is 2. The van der Waals surface area contributed by atoms with Crippen molar-refractivity contribution in [1.29, 1.82) is 0 Å². The highest BCUT2D eigenvalue weighted by Crippen LogP contribution is 2.21. The highest BCUT2D eigenvalue weighted by molar-refractivity contribution is 5.76. The maximum absolute atomic E-state index is 12.2. The van der Waals surface area contributed by atoms with E-state index in [1.165, 1.54) is 0 Å². The van der Waals surface area contributed by atoms with E-state index < -0.39 is 5.60 Å². The van der Waals surface area contributed by atoms with E-state index in [9.17, 15) is 15.0 Å². The Balaban J connectivity index is 1.80. The Morgan fingerprint density at radius 1 is 1.48 bits per heavy atom. The van der Waals surface area contributed by atoms with Crippen LogP contribution in [-0.4, -0.2) is 56.1 Å². The molecule has 1 saturated heterocycles. The Bertz CT molecular complexity index is 500. The Morgan fingerprint density at radius 3 is 2.86 bits per heavy atom. The SMILES string of the molecule is Cc1cc(C)n(CCCC(=O)N2CCCC(O)(CO)C2)n1. The van der Waals surface area contributed by atoms with Gasteiger partial charge in [-0.2, -0.15) is 5.10 Å². The highest BCUT2D eigenvalue weighted by atomic mass is 16.3. The molecule has 0 bridgehead atoms. The standard InChI is InChI=1S/C15H25N3O3/c1-12-9-13(2)18(16-12)8-3-5-14(20)17-7-4-6-15(21,10-17)11-19/h9,19,21H,3-8,10-11H2,1-2H3. The van der Waals surface area contributed by atoms with Gasteiger partial charge in [-0.1, -0.05) is 0 Å². The van der Waals surface area contributed by atoms with Crippen LogP contribution in [0.3, 0.4) is 0 Å². The molecule has 1 atom stereocenters. The highest BCUT2D eigenvalue weighted by Gasteiger charge is 2.34. The number of aryl methyl sites for hydroxylation is 3. The number of carbonyl (C=O) groups excluding carboxylic acids is 1. The number of aliphatic hydroxyl groups excluding tert-OH is 1. The molecule has 0 aromatic carbocycles. The van der Waals surface area contributed by atoms with E-state index >= 15 is 0 Å². The minimum absolute atomic E-state index is 0.0445. The third kappa shape index (κ3) is 4.04. The average Bonchev–Trinajstić information content (AvgIpc) is 2.77. The van der Waals surface area contributed by atoms with Crippen LogP contribution in [0.5, 0.6) is 0 Å². The van der Waals surface area contributed by atoms with Crippen LogP contribution in [0.1, 0.15) is 37.1 Å². The number of amides is 1. The van der Waals surface area contributed by atoms with Crippen LogP contribution in [0, 0.1) is 13.8 Å². The molecule has 21 heavy (non-hydrogen) atoms. The van der Waals surface area contributed by atoms with Crippen molar-refractivity contribution >= 4 is 5.91 Å². The smallest absolute Gasteiger partial charge is 0.222 e. The number of β-amino-alcohol motifs (C(OH)–C–C–N with tert-alkyl or cyclic N) is 1. The summed E-state index contributed by atoms with van der Waals surface area (Å²) in [4.78, 5) is 13.9. The van der Waals surface area contributed by atoms with Crippen LogP contribution in [0.4, 0.5) is 0 Å². The number of hydrogen-bond donors (Lipinski definition) is 2. The molecule has 1 aliphatic rings. The van der Waals surface area contributed by atoms with Crippen LogP contribution in [0.2, 0.25) is 0 Å². The average molecular weight is 295 g/mol. The van der Waals surface area contributed by atoms with Gasteiger partial charge in [0.15, 0.2) is 0 Å². The first-order chi connectivity index (χ1) is 9.93. The molecule has 1 aromatic heterocycles. The molecule has 1 fully saturated rings. The Hall–Kier alpha value is -1.40. The zero-order chi connectivity index (χ0) is 15.5. The summed E-state index contributed by atoms with van der Waals surface area (Å²) in [5, 5.41) is 23.7. The summed E-state index contributed by atoms with van der Waals surface area (Å²) in [5.74, 6) is 0.0445. The molecule has 1 unspecified atom stereocenters. The van der Waals surface area contributed by atoms with E-state index in [0.29, 0.717) is 19.4 Å². The largest absolute Gasteiger partial charge is 0.393 e. The van der Waals surface area contributed by atoms with Gasteiger partial charge in [0.25, 0.3) is 0 Å². The Labute approximate surface area is 125 Å².